The molecule has 0 saturated carbocycles. The molecule has 0 N–H and O–H groups in total. The second-order valence-corrected chi connectivity index (χ2v) is 8.23. The highest BCUT2D eigenvalue weighted by Gasteiger charge is 2.25. The summed E-state index contributed by atoms with van der Waals surface area (Å²) in [4.78, 5) is 14.5. The summed E-state index contributed by atoms with van der Waals surface area (Å²) in [5.41, 5.74) is 0.844. The molecule has 0 bridgehead atoms. The van der Waals surface area contributed by atoms with Crippen LogP contribution in [0.25, 0.3) is 11.4 Å². The highest BCUT2D eigenvalue weighted by atomic mass is 35.5. The molecule has 2 heterocycles. The molecular formula is C18H23ClN4OS. The molecule has 2 aromatic rings. The molecule has 1 aliphatic rings. The van der Waals surface area contributed by atoms with Gasteiger partial charge in [-0.15, -0.1) is 10.2 Å². The van der Waals surface area contributed by atoms with E-state index in [0.717, 1.165) is 23.8 Å². The summed E-state index contributed by atoms with van der Waals surface area (Å²) in [5, 5.41) is 9.84. The van der Waals surface area contributed by atoms with Gasteiger partial charge >= 0.3 is 0 Å². The van der Waals surface area contributed by atoms with Gasteiger partial charge in [-0.05, 0) is 30.4 Å². The molecule has 1 aromatic heterocycles. The van der Waals surface area contributed by atoms with E-state index in [1.807, 2.05) is 40.8 Å². The molecule has 25 heavy (non-hydrogen) atoms. The Balaban J connectivity index is 1.66. The summed E-state index contributed by atoms with van der Waals surface area (Å²) in [6.07, 6.45) is 1.20. The minimum Gasteiger partial charge on any atom is -0.341 e. The van der Waals surface area contributed by atoms with E-state index in [2.05, 4.69) is 24.0 Å². The maximum atomic E-state index is 12.5. The van der Waals surface area contributed by atoms with Crippen LogP contribution in [0.1, 0.15) is 20.3 Å². The Morgan fingerprint density at radius 1 is 1.24 bits per heavy atom. The minimum atomic E-state index is 0.172. The zero-order chi connectivity index (χ0) is 18.0. The third-order valence-electron chi connectivity index (χ3n) is 4.50. The largest absolute Gasteiger partial charge is 0.341 e. The van der Waals surface area contributed by atoms with Gasteiger partial charge in [-0.1, -0.05) is 49.3 Å². The lowest BCUT2D eigenvalue weighted by molar-refractivity contribution is -0.130. The fourth-order valence-corrected chi connectivity index (χ4v) is 4.44. The summed E-state index contributed by atoms with van der Waals surface area (Å²) in [6, 6.07) is 7.56. The van der Waals surface area contributed by atoms with E-state index in [9.17, 15) is 4.79 Å². The number of carbonyl (C=O) groups excluding carboxylic acids is 1. The van der Waals surface area contributed by atoms with E-state index in [1.54, 1.807) is 0 Å². The molecule has 1 aliphatic heterocycles. The average Bonchev–Trinajstić information content (AvgIpc) is 2.93. The molecule has 1 amide bonds. The van der Waals surface area contributed by atoms with Crippen molar-refractivity contribution < 1.29 is 4.79 Å². The molecule has 0 spiro atoms. The third kappa shape index (κ3) is 4.18. The Hall–Kier alpha value is -1.53. The second kappa shape index (κ2) is 7.79. The molecule has 5 nitrogen and oxygen atoms in total. The Kier molecular flexibility index (Phi) is 5.69. The maximum Gasteiger partial charge on any atom is 0.233 e. The normalized spacial score (nSPS) is 20.7. The van der Waals surface area contributed by atoms with Crippen LogP contribution in [0, 0.1) is 11.8 Å². The number of benzene rings is 1. The Labute approximate surface area is 157 Å². The standard InChI is InChI=1S/C18H23ClN4OS/c1-12-8-13(2)10-23(9-12)16(24)11-25-18-21-20-17(22(18)3)14-6-4-5-7-15(14)19/h4-7,12-13H,8-11H2,1-3H3. The highest BCUT2D eigenvalue weighted by molar-refractivity contribution is 7.99. The zero-order valence-corrected chi connectivity index (χ0v) is 16.3. The van der Waals surface area contributed by atoms with Crippen LogP contribution in [0.15, 0.2) is 29.4 Å². The van der Waals surface area contributed by atoms with E-state index in [4.69, 9.17) is 11.6 Å². The van der Waals surface area contributed by atoms with Crippen molar-refractivity contribution in [3.63, 3.8) is 0 Å². The van der Waals surface area contributed by atoms with Crippen molar-refractivity contribution in [3.05, 3.63) is 29.3 Å². The highest BCUT2D eigenvalue weighted by Crippen LogP contribution is 2.28. The predicted molar refractivity (Wildman–Crippen MR) is 102 cm³/mol. The number of amides is 1. The monoisotopic (exact) mass is 378 g/mol. The van der Waals surface area contributed by atoms with Crippen molar-refractivity contribution in [2.75, 3.05) is 18.8 Å². The summed E-state index contributed by atoms with van der Waals surface area (Å²) in [5.74, 6) is 2.40. The molecule has 1 fully saturated rings. The number of hydrogen-bond acceptors (Lipinski definition) is 4. The van der Waals surface area contributed by atoms with E-state index in [1.165, 1.54) is 18.2 Å². The number of thioether (sulfide) groups is 1. The molecule has 3 rings (SSSR count). The lowest BCUT2D eigenvalue weighted by atomic mass is 9.92. The number of nitrogens with zero attached hydrogens (tertiary/aromatic N) is 4. The van der Waals surface area contributed by atoms with Crippen molar-refractivity contribution in [3.8, 4) is 11.4 Å². The number of likely N-dealkylation sites (tertiary alicyclic amines) is 1. The average molecular weight is 379 g/mol. The SMILES string of the molecule is CC1CC(C)CN(C(=O)CSc2nnc(-c3ccccc3Cl)n2C)C1. The Morgan fingerprint density at radius 3 is 2.60 bits per heavy atom. The van der Waals surface area contributed by atoms with Crippen LogP contribution in [0.5, 0.6) is 0 Å². The second-order valence-electron chi connectivity index (χ2n) is 6.88. The van der Waals surface area contributed by atoms with Gasteiger partial charge in [-0.3, -0.25) is 4.79 Å². The van der Waals surface area contributed by atoms with Crippen LogP contribution in [0.4, 0.5) is 0 Å². The van der Waals surface area contributed by atoms with Gasteiger partial charge in [-0.2, -0.15) is 0 Å². The van der Waals surface area contributed by atoms with Crippen molar-refractivity contribution in [2.24, 2.45) is 18.9 Å². The molecular weight excluding hydrogens is 356 g/mol. The van der Waals surface area contributed by atoms with Gasteiger partial charge in [0.2, 0.25) is 5.91 Å². The van der Waals surface area contributed by atoms with Gasteiger partial charge in [0.1, 0.15) is 0 Å². The first-order valence-corrected chi connectivity index (χ1v) is 9.87. The van der Waals surface area contributed by atoms with E-state index in [-0.39, 0.29) is 5.91 Å². The van der Waals surface area contributed by atoms with E-state index in [0.29, 0.717) is 28.4 Å². The fraction of sp³-hybridized carbons (Fsp3) is 0.500. The van der Waals surface area contributed by atoms with Crippen LogP contribution in [0.2, 0.25) is 5.02 Å². The summed E-state index contributed by atoms with van der Waals surface area (Å²) >= 11 is 7.68. The van der Waals surface area contributed by atoms with Gasteiger partial charge in [0.05, 0.1) is 10.8 Å². The molecule has 0 aliphatic carbocycles. The van der Waals surface area contributed by atoms with Crippen molar-refractivity contribution in [1.29, 1.82) is 0 Å². The Bertz CT molecular complexity index is 753. The minimum absolute atomic E-state index is 0.172. The van der Waals surface area contributed by atoms with Crippen molar-refractivity contribution in [2.45, 2.75) is 25.4 Å². The Morgan fingerprint density at radius 2 is 1.92 bits per heavy atom. The number of piperidine rings is 1. The number of rotatable bonds is 4. The van der Waals surface area contributed by atoms with E-state index >= 15 is 0 Å². The maximum absolute atomic E-state index is 12.5. The predicted octanol–water partition coefficient (Wildman–Crippen LogP) is 3.73. The first kappa shape index (κ1) is 18.3. The molecule has 7 heteroatoms. The zero-order valence-electron chi connectivity index (χ0n) is 14.8. The quantitative estimate of drug-likeness (QED) is 0.760. The van der Waals surface area contributed by atoms with Crippen LogP contribution in [-0.4, -0.2) is 44.4 Å². The van der Waals surface area contributed by atoms with Gasteiger partial charge in [0.25, 0.3) is 0 Å². The molecule has 1 aromatic carbocycles. The molecule has 134 valence electrons. The van der Waals surface area contributed by atoms with Crippen LogP contribution >= 0.6 is 23.4 Å². The first-order valence-electron chi connectivity index (χ1n) is 8.50. The number of aromatic nitrogens is 3. The number of carbonyl (C=O) groups is 1. The smallest absolute Gasteiger partial charge is 0.233 e. The third-order valence-corrected chi connectivity index (χ3v) is 5.83. The number of hydrogen-bond donors (Lipinski definition) is 0. The van der Waals surface area contributed by atoms with Crippen LogP contribution < -0.4 is 0 Å². The molecule has 0 radical (unpaired) electrons. The molecule has 1 saturated heterocycles. The fourth-order valence-electron chi connectivity index (χ4n) is 3.40. The van der Waals surface area contributed by atoms with Crippen molar-refractivity contribution in [1.82, 2.24) is 19.7 Å². The van der Waals surface area contributed by atoms with Gasteiger partial charge in [-0.25, -0.2) is 0 Å². The van der Waals surface area contributed by atoms with Crippen molar-refractivity contribution >= 4 is 29.3 Å². The topological polar surface area (TPSA) is 51.0 Å². The summed E-state index contributed by atoms with van der Waals surface area (Å²) in [6.45, 7) is 6.13. The lowest BCUT2D eigenvalue weighted by Gasteiger charge is -2.34. The molecule has 2 atom stereocenters. The van der Waals surface area contributed by atoms with Gasteiger partial charge in [0, 0.05) is 25.7 Å². The summed E-state index contributed by atoms with van der Waals surface area (Å²) < 4.78 is 1.89. The van der Waals surface area contributed by atoms with Gasteiger partial charge in [0.15, 0.2) is 11.0 Å². The number of halogens is 1. The first-order chi connectivity index (χ1) is 12.0. The van der Waals surface area contributed by atoms with Crippen LogP contribution in [-0.2, 0) is 11.8 Å². The summed E-state index contributed by atoms with van der Waals surface area (Å²) in [7, 11) is 1.90. The van der Waals surface area contributed by atoms with Crippen LogP contribution in [0.3, 0.4) is 0 Å². The lowest BCUT2D eigenvalue weighted by Crippen LogP contribution is -2.43. The van der Waals surface area contributed by atoms with E-state index < -0.39 is 0 Å². The van der Waals surface area contributed by atoms with Gasteiger partial charge < -0.3 is 9.47 Å². The molecule has 2 unspecified atom stereocenters.